The van der Waals surface area contributed by atoms with Gasteiger partial charge in [-0.15, -0.1) is 11.3 Å². The molecule has 1 aliphatic rings. The minimum atomic E-state index is -0.727. The fraction of sp³-hybridized carbons (Fsp3) is 0.294. The summed E-state index contributed by atoms with van der Waals surface area (Å²) in [6.07, 6.45) is 0.823. The third-order valence-electron chi connectivity index (χ3n) is 4.30. The van der Waals surface area contributed by atoms with Gasteiger partial charge in [-0.05, 0) is 36.2 Å². The number of rotatable bonds is 3. The van der Waals surface area contributed by atoms with Gasteiger partial charge >= 0.3 is 6.03 Å². The van der Waals surface area contributed by atoms with Gasteiger partial charge in [-0.2, -0.15) is 0 Å². The Balaban J connectivity index is 1.99. The highest BCUT2D eigenvalue weighted by atomic mass is 35.5. The molecule has 3 amide bonds. The van der Waals surface area contributed by atoms with E-state index in [1.165, 1.54) is 23.1 Å². The smallest absolute Gasteiger partial charge is 0.312 e. The first kappa shape index (κ1) is 17.7. The number of primary amides is 1. The SMILES string of the molecule is Cc1sc2c(c1Cc1cc(F)ccc1Cl)N(C)C(=O)[C@H](NC(N)=O)C2. The molecule has 0 saturated heterocycles. The number of carbonyl (C=O) groups is 2. The Morgan fingerprint density at radius 2 is 2.24 bits per heavy atom. The van der Waals surface area contributed by atoms with E-state index in [4.69, 9.17) is 17.3 Å². The van der Waals surface area contributed by atoms with E-state index in [9.17, 15) is 14.0 Å². The van der Waals surface area contributed by atoms with Crippen molar-refractivity contribution in [1.82, 2.24) is 5.32 Å². The lowest BCUT2D eigenvalue weighted by Crippen LogP contribution is -2.52. The monoisotopic (exact) mass is 381 g/mol. The van der Waals surface area contributed by atoms with E-state index in [0.717, 1.165) is 21.0 Å². The van der Waals surface area contributed by atoms with Crippen LogP contribution in [0.2, 0.25) is 5.02 Å². The molecule has 0 radical (unpaired) electrons. The van der Waals surface area contributed by atoms with Crippen molar-refractivity contribution in [1.29, 1.82) is 0 Å². The van der Waals surface area contributed by atoms with Crippen molar-refractivity contribution in [3.63, 3.8) is 0 Å². The first-order chi connectivity index (χ1) is 11.8. The van der Waals surface area contributed by atoms with Gasteiger partial charge in [-0.1, -0.05) is 11.6 Å². The number of anilines is 1. The fourth-order valence-corrected chi connectivity index (χ4v) is 4.59. The zero-order valence-corrected chi connectivity index (χ0v) is 15.3. The largest absolute Gasteiger partial charge is 0.352 e. The lowest BCUT2D eigenvalue weighted by atomic mass is 9.98. The van der Waals surface area contributed by atoms with Crippen molar-refractivity contribution in [3.05, 3.63) is 49.9 Å². The molecule has 2 heterocycles. The predicted octanol–water partition coefficient (Wildman–Crippen LogP) is 3.00. The zero-order chi connectivity index (χ0) is 18.3. The number of hydrogen-bond donors (Lipinski definition) is 2. The molecule has 1 aromatic heterocycles. The molecule has 25 heavy (non-hydrogen) atoms. The van der Waals surface area contributed by atoms with E-state index < -0.39 is 12.1 Å². The highest BCUT2D eigenvalue weighted by Gasteiger charge is 2.35. The molecule has 0 saturated carbocycles. The summed E-state index contributed by atoms with van der Waals surface area (Å²) in [5.41, 5.74) is 7.58. The Labute approximate surface area is 153 Å². The molecule has 132 valence electrons. The third kappa shape index (κ3) is 3.34. The molecule has 1 aliphatic heterocycles. The summed E-state index contributed by atoms with van der Waals surface area (Å²) in [6.45, 7) is 1.96. The summed E-state index contributed by atoms with van der Waals surface area (Å²) in [4.78, 5) is 27.2. The van der Waals surface area contributed by atoms with E-state index in [-0.39, 0.29) is 11.7 Å². The van der Waals surface area contributed by atoms with E-state index in [0.29, 0.717) is 23.4 Å². The van der Waals surface area contributed by atoms with Gasteiger partial charge in [-0.3, -0.25) is 4.79 Å². The number of likely N-dealkylation sites (N-methyl/N-ethyl adjacent to an activating group) is 1. The van der Waals surface area contributed by atoms with Crippen LogP contribution < -0.4 is 16.0 Å². The molecular weight excluding hydrogens is 365 g/mol. The molecule has 2 aromatic rings. The molecule has 3 rings (SSSR count). The zero-order valence-electron chi connectivity index (χ0n) is 13.7. The first-order valence-corrected chi connectivity index (χ1v) is 8.86. The molecule has 5 nitrogen and oxygen atoms in total. The summed E-state index contributed by atoms with van der Waals surface area (Å²) in [5.74, 6) is -0.577. The molecule has 0 fully saturated rings. The number of fused-ring (bicyclic) bond motifs is 1. The standard InChI is InChI=1S/C17H17ClFN3O2S/c1-8-11(6-9-5-10(19)3-4-12(9)18)15-14(25-8)7-13(21-17(20)24)16(23)22(15)2/h3-5,13H,6-7H2,1-2H3,(H3,20,21,24)/t13-/m1/s1. The van der Waals surface area contributed by atoms with E-state index in [2.05, 4.69) is 5.32 Å². The number of hydrogen-bond acceptors (Lipinski definition) is 3. The van der Waals surface area contributed by atoms with Crippen molar-refractivity contribution in [3.8, 4) is 0 Å². The van der Waals surface area contributed by atoms with Crippen LogP contribution in [-0.4, -0.2) is 25.0 Å². The number of nitrogens with two attached hydrogens (primary N) is 1. The maximum atomic E-state index is 13.6. The lowest BCUT2D eigenvalue weighted by molar-refractivity contribution is -0.120. The van der Waals surface area contributed by atoms with Gasteiger partial charge in [0.05, 0.1) is 5.69 Å². The van der Waals surface area contributed by atoms with Gasteiger partial charge in [0.2, 0.25) is 5.91 Å². The van der Waals surface area contributed by atoms with Crippen LogP contribution in [0.1, 0.15) is 20.9 Å². The number of halogens is 2. The van der Waals surface area contributed by atoms with Gasteiger partial charge < -0.3 is 16.0 Å². The van der Waals surface area contributed by atoms with Crippen LogP contribution >= 0.6 is 22.9 Å². The second kappa shape index (κ2) is 6.65. The molecule has 1 atom stereocenters. The number of nitrogens with zero attached hydrogens (tertiary/aromatic N) is 1. The van der Waals surface area contributed by atoms with Crippen LogP contribution in [0.5, 0.6) is 0 Å². The maximum Gasteiger partial charge on any atom is 0.312 e. The number of amides is 3. The van der Waals surface area contributed by atoms with Gasteiger partial charge in [-0.25, -0.2) is 9.18 Å². The highest BCUT2D eigenvalue weighted by Crippen LogP contribution is 2.41. The van der Waals surface area contributed by atoms with Crippen molar-refractivity contribution in [2.75, 3.05) is 11.9 Å². The first-order valence-electron chi connectivity index (χ1n) is 7.66. The molecule has 0 spiro atoms. The Bertz CT molecular complexity index is 868. The molecule has 3 N–H and O–H groups in total. The van der Waals surface area contributed by atoms with Crippen molar-refractivity contribution >= 4 is 40.6 Å². The average molecular weight is 382 g/mol. The van der Waals surface area contributed by atoms with Crippen LogP contribution in [0, 0.1) is 12.7 Å². The summed E-state index contributed by atoms with van der Waals surface area (Å²) >= 11 is 7.75. The number of benzene rings is 1. The van der Waals surface area contributed by atoms with E-state index >= 15 is 0 Å². The second-order valence-electron chi connectivity index (χ2n) is 5.98. The number of urea groups is 1. The molecular formula is C17H17ClFN3O2S. The molecule has 1 aromatic carbocycles. The summed E-state index contributed by atoms with van der Waals surface area (Å²) in [5, 5.41) is 2.97. The normalized spacial score (nSPS) is 16.7. The van der Waals surface area contributed by atoms with E-state index in [1.807, 2.05) is 6.92 Å². The van der Waals surface area contributed by atoms with E-state index in [1.54, 1.807) is 18.4 Å². The number of thiophene rings is 1. The summed E-state index contributed by atoms with van der Waals surface area (Å²) in [6, 6.07) is 2.86. The van der Waals surface area contributed by atoms with Crippen LogP contribution in [0.15, 0.2) is 18.2 Å². The lowest BCUT2D eigenvalue weighted by Gasteiger charge is -2.30. The van der Waals surface area contributed by atoms with Gasteiger partial charge in [0.25, 0.3) is 0 Å². The molecule has 8 heteroatoms. The number of nitrogens with one attached hydrogen (secondary N) is 1. The van der Waals surface area contributed by atoms with Crippen LogP contribution in [0.25, 0.3) is 0 Å². The minimum absolute atomic E-state index is 0.226. The summed E-state index contributed by atoms with van der Waals surface area (Å²) in [7, 11) is 1.67. The van der Waals surface area contributed by atoms with Gasteiger partial charge in [0.1, 0.15) is 11.9 Å². The number of aryl methyl sites for hydroxylation is 1. The van der Waals surface area contributed by atoms with Crippen LogP contribution in [0.4, 0.5) is 14.9 Å². The third-order valence-corrected chi connectivity index (χ3v) is 5.82. The van der Waals surface area contributed by atoms with Crippen molar-refractivity contribution < 1.29 is 14.0 Å². The second-order valence-corrected chi connectivity index (χ2v) is 7.70. The van der Waals surface area contributed by atoms with Crippen LogP contribution in [0.3, 0.4) is 0 Å². The summed E-state index contributed by atoms with van der Waals surface area (Å²) < 4.78 is 13.6. The topological polar surface area (TPSA) is 75.4 Å². The number of carbonyl (C=O) groups excluding carboxylic acids is 2. The quantitative estimate of drug-likeness (QED) is 0.857. The van der Waals surface area contributed by atoms with Crippen LogP contribution in [-0.2, 0) is 17.6 Å². The van der Waals surface area contributed by atoms with Crippen molar-refractivity contribution in [2.24, 2.45) is 5.73 Å². The Morgan fingerprint density at radius 1 is 1.52 bits per heavy atom. The fourth-order valence-electron chi connectivity index (χ4n) is 3.14. The average Bonchev–Trinajstić information content (AvgIpc) is 2.83. The minimum Gasteiger partial charge on any atom is -0.352 e. The Morgan fingerprint density at radius 3 is 2.92 bits per heavy atom. The molecule has 0 aliphatic carbocycles. The maximum absolute atomic E-state index is 13.6. The molecule has 0 unspecified atom stereocenters. The Kier molecular flexibility index (Phi) is 4.71. The van der Waals surface area contributed by atoms with Gasteiger partial charge in [0.15, 0.2) is 0 Å². The Hall–Kier alpha value is -2.12. The van der Waals surface area contributed by atoms with Gasteiger partial charge in [0, 0.05) is 34.7 Å². The molecule has 0 bridgehead atoms. The predicted molar refractivity (Wildman–Crippen MR) is 96.9 cm³/mol. The van der Waals surface area contributed by atoms with Crippen molar-refractivity contribution in [2.45, 2.75) is 25.8 Å². The highest BCUT2D eigenvalue weighted by molar-refractivity contribution is 7.12.